The molecule has 0 aliphatic rings. The number of rotatable bonds is 35. The van der Waals surface area contributed by atoms with E-state index in [2.05, 4.69) is 54.8 Å². The fourth-order valence-electron chi connectivity index (χ4n) is 5.20. The van der Waals surface area contributed by atoms with Gasteiger partial charge in [0, 0.05) is 20.0 Å². The maximum atomic E-state index is 12.4. The molecule has 0 aromatic heterocycles. The van der Waals surface area contributed by atoms with Crippen LogP contribution in [0.3, 0.4) is 0 Å². The normalized spacial score (nSPS) is 13.8. The van der Waals surface area contributed by atoms with Crippen LogP contribution < -0.4 is 0 Å². The molecule has 0 spiro atoms. The lowest BCUT2D eigenvalue weighted by atomic mass is 10.0. The Labute approximate surface area is 294 Å². The quantitative estimate of drug-likeness (QED) is 0.0301. The van der Waals surface area contributed by atoms with Crippen molar-refractivity contribution in [2.24, 2.45) is 0 Å². The minimum absolute atomic E-state index is 0.211. The van der Waals surface area contributed by atoms with Gasteiger partial charge in [-0.15, -0.1) is 0 Å². The molecule has 48 heavy (non-hydrogen) atoms. The van der Waals surface area contributed by atoms with Crippen LogP contribution in [0.2, 0.25) is 0 Å². The highest BCUT2D eigenvalue weighted by Crippen LogP contribution is 2.42. The van der Waals surface area contributed by atoms with Crippen molar-refractivity contribution in [3.05, 3.63) is 36.5 Å². The first-order chi connectivity index (χ1) is 23.3. The van der Waals surface area contributed by atoms with Crippen LogP contribution in [0.1, 0.15) is 174 Å². The number of carbonyl (C=O) groups is 2. The van der Waals surface area contributed by atoms with E-state index >= 15 is 0 Å². The van der Waals surface area contributed by atoms with Crippen LogP contribution in [0.5, 0.6) is 0 Å². The Hall–Kier alpha value is -1.73. The maximum Gasteiger partial charge on any atom is 0.472 e. The molecule has 1 N–H and O–H groups in total. The molecule has 0 aliphatic carbocycles. The van der Waals surface area contributed by atoms with Crippen LogP contribution in [0.25, 0.3) is 0 Å². The molecule has 0 bridgehead atoms. The predicted octanol–water partition coefficient (Wildman–Crippen LogP) is 11.7. The minimum atomic E-state index is -4.26. The molecule has 0 aromatic carbocycles. The van der Waals surface area contributed by atoms with Crippen LogP contribution in [-0.4, -0.2) is 43.3 Å². The standard InChI is InChI=1S/C39H71O8P/c1-4-6-8-10-12-14-16-18-19-20-22-23-25-27-29-31-33-38(40)45-35-37(36-46-48(42,43)44-3)47-39(41)34-32-30-28-26-24-21-17-15-13-11-9-7-5-2/h7,9,13,15,21,24,37H,4-6,8,10-12,14,16-20,22-23,25-36H2,1-3H3,(H,42,43)/b9-7-,15-13-,24-21-. The number of allylic oxidation sites excluding steroid dienone is 6. The van der Waals surface area contributed by atoms with Crippen LogP contribution in [0.15, 0.2) is 36.5 Å². The Kier molecular flexibility index (Phi) is 33.8. The largest absolute Gasteiger partial charge is 0.472 e. The Bertz CT molecular complexity index is 885. The van der Waals surface area contributed by atoms with Gasteiger partial charge in [-0.2, -0.15) is 0 Å². The third kappa shape index (κ3) is 34.1. The van der Waals surface area contributed by atoms with E-state index in [-0.39, 0.29) is 25.4 Å². The zero-order valence-corrected chi connectivity index (χ0v) is 31.8. The minimum Gasteiger partial charge on any atom is -0.462 e. The van der Waals surface area contributed by atoms with Gasteiger partial charge in [-0.25, -0.2) is 4.57 Å². The van der Waals surface area contributed by atoms with E-state index < -0.39 is 26.5 Å². The number of carbonyl (C=O) groups excluding carboxylic acids is 2. The monoisotopic (exact) mass is 698 g/mol. The first-order valence-corrected chi connectivity index (χ1v) is 20.7. The molecule has 9 heteroatoms. The van der Waals surface area contributed by atoms with Gasteiger partial charge in [-0.05, 0) is 44.9 Å². The molecule has 8 nitrogen and oxygen atoms in total. The summed E-state index contributed by atoms with van der Waals surface area (Å²) in [6, 6.07) is 0. The molecule has 0 aromatic rings. The van der Waals surface area contributed by atoms with Crippen LogP contribution in [0, 0.1) is 0 Å². The first kappa shape index (κ1) is 46.3. The zero-order valence-electron chi connectivity index (χ0n) is 30.9. The molecule has 0 heterocycles. The second kappa shape index (κ2) is 35.1. The van der Waals surface area contributed by atoms with Crippen molar-refractivity contribution in [2.45, 2.75) is 180 Å². The van der Waals surface area contributed by atoms with Crippen molar-refractivity contribution >= 4 is 19.8 Å². The predicted molar refractivity (Wildman–Crippen MR) is 198 cm³/mol. The number of hydrogen-bond acceptors (Lipinski definition) is 7. The van der Waals surface area contributed by atoms with Gasteiger partial charge in [0.25, 0.3) is 0 Å². The van der Waals surface area contributed by atoms with Crippen molar-refractivity contribution in [3.63, 3.8) is 0 Å². The van der Waals surface area contributed by atoms with Crippen LogP contribution >= 0.6 is 7.82 Å². The molecule has 2 unspecified atom stereocenters. The summed E-state index contributed by atoms with van der Waals surface area (Å²) in [5.41, 5.74) is 0. The van der Waals surface area contributed by atoms with Crippen molar-refractivity contribution in [1.29, 1.82) is 0 Å². The van der Waals surface area contributed by atoms with E-state index in [4.69, 9.17) is 14.0 Å². The summed E-state index contributed by atoms with van der Waals surface area (Å²) in [4.78, 5) is 34.3. The third-order valence-corrected chi connectivity index (χ3v) is 9.09. The van der Waals surface area contributed by atoms with Crippen LogP contribution in [-0.2, 0) is 32.7 Å². The van der Waals surface area contributed by atoms with E-state index in [9.17, 15) is 19.0 Å². The van der Waals surface area contributed by atoms with Gasteiger partial charge in [0.15, 0.2) is 6.10 Å². The van der Waals surface area contributed by atoms with Gasteiger partial charge < -0.3 is 14.4 Å². The van der Waals surface area contributed by atoms with Crippen LogP contribution in [0.4, 0.5) is 0 Å². The van der Waals surface area contributed by atoms with E-state index in [1.165, 1.54) is 83.5 Å². The molecular weight excluding hydrogens is 627 g/mol. The first-order valence-electron chi connectivity index (χ1n) is 19.2. The number of phosphoric ester groups is 1. The Morgan fingerprint density at radius 2 is 1.06 bits per heavy atom. The maximum absolute atomic E-state index is 12.4. The number of unbranched alkanes of at least 4 members (excludes halogenated alkanes) is 18. The summed E-state index contributed by atoms with van der Waals surface area (Å²) >= 11 is 0. The van der Waals surface area contributed by atoms with E-state index in [0.717, 1.165) is 64.9 Å². The topological polar surface area (TPSA) is 108 Å². The van der Waals surface area contributed by atoms with Gasteiger partial charge in [0.05, 0.1) is 6.61 Å². The third-order valence-electron chi connectivity index (χ3n) is 8.15. The zero-order chi connectivity index (χ0) is 35.4. The Morgan fingerprint density at radius 1 is 0.604 bits per heavy atom. The smallest absolute Gasteiger partial charge is 0.462 e. The molecule has 0 saturated heterocycles. The fourth-order valence-corrected chi connectivity index (χ4v) is 5.66. The molecule has 0 fully saturated rings. The van der Waals surface area contributed by atoms with Crippen molar-refractivity contribution in [2.75, 3.05) is 20.3 Å². The fraction of sp³-hybridized carbons (Fsp3) is 0.795. The molecule has 2 atom stereocenters. The molecule has 0 radical (unpaired) electrons. The summed E-state index contributed by atoms with van der Waals surface area (Å²) in [5, 5.41) is 0. The van der Waals surface area contributed by atoms with E-state index in [1.54, 1.807) is 0 Å². The highest BCUT2D eigenvalue weighted by atomic mass is 31.2. The summed E-state index contributed by atoms with van der Waals surface area (Å²) < 4.78 is 31.8. The molecule has 0 saturated carbocycles. The average molecular weight is 699 g/mol. The molecule has 0 amide bonds. The van der Waals surface area contributed by atoms with Gasteiger partial charge in [0.2, 0.25) is 0 Å². The lowest BCUT2D eigenvalue weighted by molar-refractivity contribution is -0.161. The SMILES string of the molecule is CC/C=C\C/C=C\C/C=C\CCCCCC(=O)OC(COC(=O)CCCCCCCCCCCCCCCCCC)COP(=O)(O)OC. The van der Waals surface area contributed by atoms with E-state index in [1.807, 2.05) is 0 Å². The molecule has 280 valence electrons. The highest BCUT2D eigenvalue weighted by Gasteiger charge is 2.24. The number of phosphoric acid groups is 1. The Morgan fingerprint density at radius 3 is 1.58 bits per heavy atom. The molecular formula is C39H71O8P. The Balaban J connectivity index is 4.06. The van der Waals surface area contributed by atoms with E-state index in [0.29, 0.717) is 6.42 Å². The van der Waals surface area contributed by atoms with Gasteiger partial charge in [-0.1, -0.05) is 153 Å². The van der Waals surface area contributed by atoms with Crippen molar-refractivity contribution in [1.82, 2.24) is 0 Å². The number of ether oxygens (including phenoxy) is 2. The lowest BCUT2D eigenvalue weighted by Gasteiger charge is -2.19. The second-order valence-electron chi connectivity index (χ2n) is 12.7. The average Bonchev–Trinajstić information content (AvgIpc) is 3.07. The number of esters is 2. The van der Waals surface area contributed by atoms with Gasteiger partial charge >= 0.3 is 19.8 Å². The molecule has 0 aliphatic heterocycles. The summed E-state index contributed by atoms with van der Waals surface area (Å²) in [6.07, 6.45) is 39.1. The lowest BCUT2D eigenvalue weighted by Crippen LogP contribution is -2.29. The second-order valence-corrected chi connectivity index (χ2v) is 14.2. The van der Waals surface area contributed by atoms with Crippen molar-refractivity contribution < 1.29 is 37.6 Å². The summed E-state index contributed by atoms with van der Waals surface area (Å²) in [5.74, 6) is -0.836. The summed E-state index contributed by atoms with van der Waals surface area (Å²) in [7, 11) is -3.21. The van der Waals surface area contributed by atoms with Crippen molar-refractivity contribution in [3.8, 4) is 0 Å². The summed E-state index contributed by atoms with van der Waals surface area (Å²) in [6.45, 7) is 3.74. The van der Waals surface area contributed by atoms with Gasteiger partial charge in [-0.3, -0.25) is 18.6 Å². The highest BCUT2D eigenvalue weighted by molar-refractivity contribution is 7.47. The molecule has 0 rings (SSSR count). The van der Waals surface area contributed by atoms with Gasteiger partial charge in [0.1, 0.15) is 6.61 Å². The number of hydrogen-bond donors (Lipinski definition) is 1.